The number of aliphatic hydroxyl groups excluding tert-OH is 1. The Morgan fingerprint density at radius 3 is 2.53 bits per heavy atom. The first kappa shape index (κ1) is 11.9. The zero-order chi connectivity index (χ0) is 11.3. The van der Waals surface area contributed by atoms with Crippen LogP contribution in [-0.4, -0.2) is 25.9 Å². The number of ether oxygens (including phenoxy) is 2. The molecule has 3 nitrogen and oxygen atoms in total. The van der Waals surface area contributed by atoms with Crippen molar-refractivity contribution in [2.24, 2.45) is 0 Å². The molecule has 1 aromatic carbocycles. The molecule has 0 saturated carbocycles. The lowest BCUT2D eigenvalue weighted by Crippen LogP contribution is -2.00. The molecule has 0 spiro atoms. The normalized spacial score (nSPS) is 12.3. The van der Waals surface area contributed by atoms with Crippen molar-refractivity contribution in [3.63, 3.8) is 0 Å². The average molecular weight is 210 g/mol. The van der Waals surface area contributed by atoms with Gasteiger partial charge < -0.3 is 14.6 Å². The Hall–Kier alpha value is -1.22. The Labute approximate surface area is 90.6 Å². The Bertz CT molecular complexity index is 310. The molecule has 0 aromatic heterocycles. The van der Waals surface area contributed by atoms with E-state index < -0.39 is 0 Å². The van der Waals surface area contributed by atoms with Gasteiger partial charge in [-0.15, -0.1) is 0 Å². The minimum absolute atomic E-state index is 0.191. The highest BCUT2D eigenvalue weighted by Gasteiger charge is 2.11. The maximum atomic E-state index is 8.90. The molecule has 0 saturated heterocycles. The topological polar surface area (TPSA) is 38.7 Å². The summed E-state index contributed by atoms with van der Waals surface area (Å²) in [6, 6.07) is 5.76. The van der Waals surface area contributed by atoms with Gasteiger partial charge in [-0.2, -0.15) is 0 Å². The van der Waals surface area contributed by atoms with Crippen LogP contribution in [0.5, 0.6) is 11.5 Å². The quantitative estimate of drug-likeness (QED) is 0.809. The van der Waals surface area contributed by atoms with Crippen molar-refractivity contribution in [3.8, 4) is 11.5 Å². The largest absolute Gasteiger partial charge is 0.497 e. The van der Waals surface area contributed by atoms with E-state index in [1.54, 1.807) is 14.2 Å². The second-order valence-electron chi connectivity index (χ2n) is 3.52. The highest BCUT2D eigenvalue weighted by atomic mass is 16.5. The van der Waals surface area contributed by atoms with Crippen LogP contribution < -0.4 is 9.47 Å². The minimum atomic E-state index is 0.191. The standard InChI is InChI=1S/C12H18O3/c1-9(6-7-13)11-5-4-10(14-2)8-12(11)15-3/h4-5,8-9,13H,6-7H2,1-3H3. The number of hydrogen-bond donors (Lipinski definition) is 1. The molecule has 0 radical (unpaired) electrons. The van der Waals surface area contributed by atoms with Crippen molar-refractivity contribution in [2.45, 2.75) is 19.3 Å². The molecule has 0 aliphatic rings. The first-order chi connectivity index (χ1) is 7.22. The molecule has 1 rings (SSSR count). The van der Waals surface area contributed by atoms with Crippen LogP contribution in [0.2, 0.25) is 0 Å². The molecule has 0 heterocycles. The second kappa shape index (κ2) is 5.61. The van der Waals surface area contributed by atoms with E-state index in [1.165, 1.54) is 0 Å². The molecular weight excluding hydrogens is 192 g/mol. The van der Waals surface area contributed by atoms with E-state index in [2.05, 4.69) is 6.92 Å². The Morgan fingerprint density at radius 2 is 2.00 bits per heavy atom. The van der Waals surface area contributed by atoms with Gasteiger partial charge in [-0.1, -0.05) is 13.0 Å². The molecule has 0 aliphatic carbocycles. The van der Waals surface area contributed by atoms with Gasteiger partial charge in [-0.25, -0.2) is 0 Å². The minimum Gasteiger partial charge on any atom is -0.497 e. The monoisotopic (exact) mass is 210 g/mol. The van der Waals surface area contributed by atoms with Crippen molar-refractivity contribution >= 4 is 0 Å². The molecule has 1 atom stereocenters. The van der Waals surface area contributed by atoms with Gasteiger partial charge in [0.1, 0.15) is 11.5 Å². The molecule has 15 heavy (non-hydrogen) atoms. The van der Waals surface area contributed by atoms with E-state index in [-0.39, 0.29) is 12.5 Å². The molecule has 1 aromatic rings. The predicted octanol–water partition coefficient (Wildman–Crippen LogP) is 2.19. The molecule has 84 valence electrons. The molecule has 0 aliphatic heterocycles. The molecule has 3 heteroatoms. The Morgan fingerprint density at radius 1 is 1.27 bits per heavy atom. The van der Waals surface area contributed by atoms with Crippen molar-refractivity contribution in [3.05, 3.63) is 23.8 Å². The van der Waals surface area contributed by atoms with Crippen LogP contribution in [0.15, 0.2) is 18.2 Å². The maximum absolute atomic E-state index is 8.90. The van der Waals surface area contributed by atoms with E-state index in [4.69, 9.17) is 14.6 Å². The number of rotatable bonds is 5. The fourth-order valence-electron chi connectivity index (χ4n) is 1.57. The second-order valence-corrected chi connectivity index (χ2v) is 3.52. The van der Waals surface area contributed by atoms with E-state index in [9.17, 15) is 0 Å². The van der Waals surface area contributed by atoms with Gasteiger partial charge in [0.2, 0.25) is 0 Å². The lowest BCUT2D eigenvalue weighted by atomic mass is 9.97. The highest BCUT2D eigenvalue weighted by Crippen LogP contribution is 2.31. The van der Waals surface area contributed by atoms with E-state index in [0.29, 0.717) is 0 Å². The zero-order valence-electron chi connectivity index (χ0n) is 9.49. The summed E-state index contributed by atoms with van der Waals surface area (Å²) in [4.78, 5) is 0. The van der Waals surface area contributed by atoms with Crippen LogP contribution in [0.1, 0.15) is 24.8 Å². The fourth-order valence-corrected chi connectivity index (χ4v) is 1.57. The summed E-state index contributed by atoms with van der Waals surface area (Å²) in [5.74, 6) is 1.89. The fraction of sp³-hybridized carbons (Fsp3) is 0.500. The molecule has 0 fully saturated rings. The lowest BCUT2D eigenvalue weighted by Gasteiger charge is -2.15. The van der Waals surface area contributed by atoms with E-state index >= 15 is 0 Å². The summed E-state index contributed by atoms with van der Waals surface area (Å²) in [5, 5.41) is 8.90. The zero-order valence-corrected chi connectivity index (χ0v) is 9.49. The van der Waals surface area contributed by atoms with Gasteiger partial charge in [0.05, 0.1) is 14.2 Å². The number of hydrogen-bond acceptors (Lipinski definition) is 3. The molecular formula is C12H18O3. The van der Waals surface area contributed by atoms with Gasteiger partial charge in [-0.3, -0.25) is 0 Å². The van der Waals surface area contributed by atoms with Crippen molar-refractivity contribution < 1.29 is 14.6 Å². The van der Waals surface area contributed by atoms with Crippen LogP contribution in [0.4, 0.5) is 0 Å². The van der Waals surface area contributed by atoms with Crippen LogP contribution in [0, 0.1) is 0 Å². The number of aliphatic hydroxyl groups is 1. The van der Waals surface area contributed by atoms with Gasteiger partial charge in [0, 0.05) is 12.7 Å². The molecule has 0 amide bonds. The van der Waals surface area contributed by atoms with Crippen molar-refractivity contribution in [1.29, 1.82) is 0 Å². The summed E-state index contributed by atoms with van der Waals surface area (Å²) in [7, 11) is 3.27. The first-order valence-corrected chi connectivity index (χ1v) is 5.05. The third-order valence-electron chi connectivity index (χ3n) is 2.53. The van der Waals surface area contributed by atoms with Crippen LogP contribution in [-0.2, 0) is 0 Å². The average Bonchev–Trinajstić information content (AvgIpc) is 2.28. The first-order valence-electron chi connectivity index (χ1n) is 5.05. The summed E-state index contributed by atoms with van der Waals surface area (Å²) in [6.45, 7) is 2.26. The molecule has 1 N–H and O–H groups in total. The van der Waals surface area contributed by atoms with Gasteiger partial charge in [0.25, 0.3) is 0 Å². The van der Waals surface area contributed by atoms with Gasteiger partial charge >= 0.3 is 0 Å². The summed E-state index contributed by atoms with van der Waals surface area (Å²) in [6.07, 6.45) is 0.739. The highest BCUT2D eigenvalue weighted by molar-refractivity contribution is 5.42. The maximum Gasteiger partial charge on any atom is 0.126 e. The van der Waals surface area contributed by atoms with E-state index in [0.717, 1.165) is 23.5 Å². The lowest BCUT2D eigenvalue weighted by molar-refractivity contribution is 0.277. The van der Waals surface area contributed by atoms with Crippen molar-refractivity contribution in [2.75, 3.05) is 20.8 Å². The number of benzene rings is 1. The summed E-state index contributed by atoms with van der Waals surface area (Å²) >= 11 is 0. The molecule has 1 unspecified atom stereocenters. The molecule has 0 bridgehead atoms. The van der Waals surface area contributed by atoms with Crippen LogP contribution in [0.3, 0.4) is 0 Å². The van der Waals surface area contributed by atoms with Gasteiger partial charge in [-0.05, 0) is 24.0 Å². The number of methoxy groups -OCH3 is 2. The summed E-state index contributed by atoms with van der Waals surface area (Å²) in [5.41, 5.74) is 1.10. The third kappa shape index (κ3) is 2.86. The van der Waals surface area contributed by atoms with Crippen molar-refractivity contribution in [1.82, 2.24) is 0 Å². The van der Waals surface area contributed by atoms with E-state index in [1.807, 2.05) is 18.2 Å². The SMILES string of the molecule is COc1ccc(C(C)CCO)c(OC)c1. The Kier molecular flexibility index (Phi) is 4.43. The summed E-state index contributed by atoms with van der Waals surface area (Å²) < 4.78 is 10.4. The third-order valence-corrected chi connectivity index (χ3v) is 2.53. The smallest absolute Gasteiger partial charge is 0.126 e. The van der Waals surface area contributed by atoms with Crippen LogP contribution in [0.25, 0.3) is 0 Å². The predicted molar refractivity (Wildman–Crippen MR) is 59.7 cm³/mol. The van der Waals surface area contributed by atoms with Crippen LogP contribution >= 0.6 is 0 Å². The van der Waals surface area contributed by atoms with Gasteiger partial charge in [0.15, 0.2) is 0 Å². The Balaban J connectivity index is 2.96.